The third-order valence-corrected chi connectivity index (χ3v) is 5.05. The van der Waals surface area contributed by atoms with E-state index in [0.29, 0.717) is 23.7 Å². The molecule has 2 bridgehead atoms. The molecule has 15 heavy (non-hydrogen) atoms. The molecule has 3 aliphatic rings. The third-order valence-electron chi connectivity index (χ3n) is 5.05. The fraction of sp³-hybridized carbons (Fsp3) is 0.846. The molecule has 2 N–H and O–H groups in total. The van der Waals surface area contributed by atoms with Crippen molar-refractivity contribution in [3.8, 4) is 0 Å². The molecule has 2 heteroatoms. The largest absolute Gasteiger partial charge is 0.390 e. The zero-order valence-corrected chi connectivity index (χ0v) is 9.64. The quantitative estimate of drug-likeness (QED) is 0.593. The predicted octanol–water partition coefficient (Wildman–Crippen LogP) is 1.58. The summed E-state index contributed by atoms with van der Waals surface area (Å²) in [6.07, 6.45) is 5.10. The standard InChI is InChI=1S/C13H20O2/c1-12(2,3)13(15)10-8-5-4-7(6-8)9(10)11(13)14/h4-5,7-11,14-15H,6H2,1-3H3/t7-,8-,9+,10-,11+,13+/m0/s1. The molecule has 84 valence electrons. The lowest BCUT2D eigenvalue weighted by Gasteiger charge is -2.62. The van der Waals surface area contributed by atoms with Crippen molar-refractivity contribution in [2.75, 3.05) is 0 Å². The van der Waals surface area contributed by atoms with Crippen LogP contribution in [0.4, 0.5) is 0 Å². The maximum atomic E-state index is 10.7. The van der Waals surface area contributed by atoms with Crippen LogP contribution in [-0.2, 0) is 0 Å². The van der Waals surface area contributed by atoms with Gasteiger partial charge in [0.25, 0.3) is 0 Å². The molecule has 6 atom stereocenters. The maximum absolute atomic E-state index is 10.7. The lowest BCUT2D eigenvalue weighted by molar-refractivity contribution is -0.282. The van der Waals surface area contributed by atoms with Gasteiger partial charge in [0, 0.05) is 11.8 Å². The van der Waals surface area contributed by atoms with E-state index in [4.69, 9.17) is 0 Å². The Morgan fingerprint density at radius 2 is 1.80 bits per heavy atom. The second kappa shape index (κ2) is 2.49. The Bertz CT molecular complexity index is 328. The normalized spacial score (nSPS) is 56.7. The lowest BCUT2D eigenvalue weighted by Crippen LogP contribution is -2.72. The lowest BCUT2D eigenvalue weighted by atomic mass is 9.47. The summed E-state index contributed by atoms with van der Waals surface area (Å²) < 4.78 is 0. The van der Waals surface area contributed by atoms with Gasteiger partial charge < -0.3 is 10.2 Å². The van der Waals surface area contributed by atoms with Gasteiger partial charge in [-0.1, -0.05) is 32.9 Å². The van der Waals surface area contributed by atoms with Crippen molar-refractivity contribution >= 4 is 0 Å². The van der Waals surface area contributed by atoms with Gasteiger partial charge >= 0.3 is 0 Å². The van der Waals surface area contributed by atoms with Gasteiger partial charge in [0.05, 0.1) is 11.7 Å². The van der Waals surface area contributed by atoms with Gasteiger partial charge in [0.15, 0.2) is 0 Å². The Labute approximate surface area is 91.0 Å². The third kappa shape index (κ3) is 0.891. The number of aliphatic hydroxyl groups is 2. The van der Waals surface area contributed by atoms with Crippen LogP contribution in [0.3, 0.4) is 0 Å². The molecule has 0 aliphatic heterocycles. The van der Waals surface area contributed by atoms with E-state index in [9.17, 15) is 10.2 Å². The summed E-state index contributed by atoms with van der Waals surface area (Å²) in [5, 5.41) is 20.9. The van der Waals surface area contributed by atoms with Crippen LogP contribution in [-0.4, -0.2) is 21.9 Å². The summed E-state index contributed by atoms with van der Waals surface area (Å²) in [7, 11) is 0. The highest BCUT2D eigenvalue weighted by molar-refractivity contribution is 5.28. The summed E-state index contributed by atoms with van der Waals surface area (Å²) >= 11 is 0. The van der Waals surface area contributed by atoms with Crippen molar-refractivity contribution in [1.82, 2.24) is 0 Å². The van der Waals surface area contributed by atoms with Crippen molar-refractivity contribution in [2.24, 2.45) is 29.1 Å². The smallest absolute Gasteiger partial charge is 0.0993 e. The summed E-state index contributed by atoms with van der Waals surface area (Å²) in [6.45, 7) is 6.09. The molecule has 0 saturated heterocycles. The van der Waals surface area contributed by atoms with Gasteiger partial charge in [-0.05, 0) is 23.7 Å². The Morgan fingerprint density at radius 3 is 2.40 bits per heavy atom. The topological polar surface area (TPSA) is 40.5 Å². The second-order valence-electron chi connectivity index (χ2n) is 6.57. The molecular weight excluding hydrogens is 188 g/mol. The Balaban J connectivity index is 1.99. The number of fused-ring (bicyclic) bond motifs is 5. The van der Waals surface area contributed by atoms with Crippen LogP contribution in [0, 0.1) is 29.1 Å². The zero-order valence-electron chi connectivity index (χ0n) is 9.64. The van der Waals surface area contributed by atoms with E-state index in [0.717, 1.165) is 6.42 Å². The first kappa shape index (κ1) is 9.86. The molecule has 2 nitrogen and oxygen atoms in total. The molecule has 0 amide bonds. The average molecular weight is 208 g/mol. The first-order chi connectivity index (χ1) is 6.87. The Hall–Kier alpha value is -0.340. The van der Waals surface area contributed by atoms with Crippen molar-refractivity contribution in [3.05, 3.63) is 12.2 Å². The van der Waals surface area contributed by atoms with Crippen molar-refractivity contribution in [1.29, 1.82) is 0 Å². The first-order valence-corrected chi connectivity index (χ1v) is 5.96. The predicted molar refractivity (Wildman–Crippen MR) is 58.1 cm³/mol. The minimum atomic E-state index is -0.873. The Kier molecular flexibility index (Phi) is 1.64. The van der Waals surface area contributed by atoms with Crippen LogP contribution < -0.4 is 0 Å². The van der Waals surface area contributed by atoms with E-state index in [1.165, 1.54) is 0 Å². The first-order valence-electron chi connectivity index (χ1n) is 5.96. The fourth-order valence-electron chi connectivity index (χ4n) is 4.23. The molecule has 3 rings (SSSR count). The van der Waals surface area contributed by atoms with Crippen molar-refractivity contribution < 1.29 is 10.2 Å². The number of allylic oxidation sites excluding steroid dienone is 2. The number of hydrogen-bond donors (Lipinski definition) is 2. The molecule has 0 aromatic carbocycles. The van der Waals surface area contributed by atoms with Gasteiger partial charge in [0.2, 0.25) is 0 Å². The van der Waals surface area contributed by atoms with Crippen LogP contribution in [0.25, 0.3) is 0 Å². The SMILES string of the molecule is CC(C)(C)[C@@]1(O)[C@@H]2[C@H]([C@H]1O)[C@H]1C=C[C@H]2C1. The van der Waals surface area contributed by atoms with Crippen LogP contribution in [0.15, 0.2) is 12.2 Å². The number of hydrogen-bond acceptors (Lipinski definition) is 2. The van der Waals surface area contributed by atoms with Gasteiger partial charge in [-0.15, -0.1) is 0 Å². The van der Waals surface area contributed by atoms with Crippen LogP contribution in [0.2, 0.25) is 0 Å². The number of rotatable bonds is 0. The molecule has 2 fully saturated rings. The number of aliphatic hydroxyl groups excluding tert-OH is 1. The molecule has 0 spiro atoms. The Morgan fingerprint density at radius 1 is 1.20 bits per heavy atom. The second-order valence-corrected chi connectivity index (χ2v) is 6.57. The summed E-state index contributed by atoms with van der Waals surface area (Å²) in [5.41, 5.74) is -1.10. The minimum Gasteiger partial charge on any atom is -0.390 e. The maximum Gasteiger partial charge on any atom is 0.0993 e. The van der Waals surface area contributed by atoms with Crippen molar-refractivity contribution in [3.63, 3.8) is 0 Å². The molecular formula is C13H20O2. The van der Waals surface area contributed by atoms with E-state index in [-0.39, 0.29) is 5.41 Å². The van der Waals surface area contributed by atoms with Gasteiger partial charge in [-0.25, -0.2) is 0 Å². The molecule has 2 saturated carbocycles. The molecule has 0 radical (unpaired) electrons. The van der Waals surface area contributed by atoms with Crippen molar-refractivity contribution in [2.45, 2.75) is 38.9 Å². The van der Waals surface area contributed by atoms with E-state index < -0.39 is 11.7 Å². The summed E-state index contributed by atoms with van der Waals surface area (Å²) in [6, 6.07) is 0. The van der Waals surface area contributed by atoms with E-state index in [2.05, 4.69) is 12.2 Å². The highest BCUT2D eigenvalue weighted by Gasteiger charge is 2.72. The van der Waals surface area contributed by atoms with Gasteiger partial charge in [-0.3, -0.25) is 0 Å². The monoisotopic (exact) mass is 208 g/mol. The zero-order chi connectivity index (χ0) is 11.0. The molecule has 0 aromatic rings. The van der Waals surface area contributed by atoms with E-state index >= 15 is 0 Å². The molecule has 0 heterocycles. The van der Waals surface area contributed by atoms with Crippen LogP contribution >= 0.6 is 0 Å². The highest BCUT2D eigenvalue weighted by atomic mass is 16.4. The highest BCUT2D eigenvalue weighted by Crippen LogP contribution is 2.66. The van der Waals surface area contributed by atoms with E-state index in [1.54, 1.807) is 0 Å². The van der Waals surface area contributed by atoms with E-state index in [1.807, 2.05) is 20.8 Å². The summed E-state index contributed by atoms with van der Waals surface area (Å²) in [4.78, 5) is 0. The van der Waals surface area contributed by atoms with Crippen LogP contribution in [0.1, 0.15) is 27.2 Å². The molecule has 0 aromatic heterocycles. The van der Waals surface area contributed by atoms with Crippen LogP contribution in [0.5, 0.6) is 0 Å². The molecule has 3 aliphatic carbocycles. The average Bonchev–Trinajstić information content (AvgIpc) is 2.71. The van der Waals surface area contributed by atoms with Gasteiger partial charge in [-0.2, -0.15) is 0 Å². The minimum absolute atomic E-state index is 0.230. The molecule has 0 unspecified atom stereocenters. The summed E-state index contributed by atoms with van der Waals surface area (Å²) in [5.74, 6) is 1.65. The fourth-order valence-corrected chi connectivity index (χ4v) is 4.23. The van der Waals surface area contributed by atoms with Gasteiger partial charge in [0.1, 0.15) is 0 Å².